The number of hydrogen-bond acceptors (Lipinski definition) is 10. The zero-order valence-electron chi connectivity index (χ0n) is 21.0. The van der Waals surface area contributed by atoms with E-state index in [1.807, 2.05) is 24.3 Å². The first kappa shape index (κ1) is 27.7. The summed E-state index contributed by atoms with van der Waals surface area (Å²) < 4.78 is 16.8. The van der Waals surface area contributed by atoms with Crippen molar-refractivity contribution in [2.75, 3.05) is 6.61 Å². The normalized spacial score (nSPS) is 30.6. The molecular formula is C27H28N2O11. The van der Waals surface area contributed by atoms with E-state index in [0.717, 1.165) is 17.2 Å². The summed E-state index contributed by atoms with van der Waals surface area (Å²) in [5, 5.41) is 61.1. The van der Waals surface area contributed by atoms with E-state index in [0.29, 0.717) is 16.6 Å². The Balaban J connectivity index is 1.52. The minimum Gasteiger partial charge on any atom is -0.478 e. The molecular weight excluding hydrogens is 528 g/mol. The number of H-pyrrole nitrogens is 1. The predicted molar refractivity (Wildman–Crippen MR) is 137 cm³/mol. The lowest BCUT2D eigenvalue weighted by molar-refractivity contribution is -0.339. The summed E-state index contributed by atoms with van der Waals surface area (Å²) >= 11 is 0. The number of carbonyl (C=O) groups is 2. The molecule has 1 saturated heterocycles. The van der Waals surface area contributed by atoms with Gasteiger partial charge in [0.2, 0.25) is 6.29 Å². The van der Waals surface area contributed by atoms with E-state index < -0.39 is 67.4 Å². The number of para-hydroxylation sites is 1. The molecule has 13 nitrogen and oxygen atoms in total. The molecule has 2 aromatic heterocycles. The highest BCUT2D eigenvalue weighted by atomic mass is 16.8. The highest BCUT2D eigenvalue weighted by Gasteiger charge is 2.47. The Morgan fingerprint density at radius 1 is 1.05 bits per heavy atom. The van der Waals surface area contributed by atoms with Gasteiger partial charge < -0.3 is 49.8 Å². The Bertz CT molecular complexity index is 1480. The van der Waals surface area contributed by atoms with Crippen LogP contribution in [0.25, 0.3) is 21.8 Å². The van der Waals surface area contributed by atoms with Gasteiger partial charge in [-0.2, -0.15) is 0 Å². The molecule has 5 rings (SSSR count). The number of benzene rings is 1. The molecule has 212 valence electrons. The van der Waals surface area contributed by atoms with E-state index >= 15 is 0 Å². The topological polar surface area (TPSA) is 212 Å². The van der Waals surface area contributed by atoms with Crippen LogP contribution in [-0.4, -0.2) is 96.1 Å². The fourth-order valence-corrected chi connectivity index (χ4v) is 5.26. The number of aromatic nitrogens is 2. The Kier molecular flexibility index (Phi) is 7.59. The summed E-state index contributed by atoms with van der Waals surface area (Å²) in [6, 6.07) is 8.74. The van der Waals surface area contributed by atoms with Crippen molar-refractivity contribution >= 4 is 33.7 Å². The van der Waals surface area contributed by atoms with Gasteiger partial charge in [-0.05, 0) is 18.6 Å². The number of nitrogens with one attached hydrogen (secondary N) is 1. The molecule has 7 N–H and O–H groups in total. The minimum absolute atomic E-state index is 0.0584. The predicted octanol–water partition coefficient (Wildman–Crippen LogP) is 0.517. The largest absolute Gasteiger partial charge is 0.478 e. The van der Waals surface area contributed by atoms with Crippen LogP contribution in [0.3, 0.4) is 0 Å². The van der Waals surface area contributed by atoms with E-state index in [1.54, 1.807) is 0 Å². The quantitative estimate of drug-likeness (QED) is 0.189. The van der Waals surface area contributed by atoms with Crippen molar-refractivity contribution in [2.24, 2.45) is 11.8 Å². The van der Waals surface area contributed by atoms with Gasteiger partial charge in [-0.3, -0.25) is 0 Å². The van der Waals surface area contributed by atoms with Crippen LogP contribution in [0.5, 0.6) is 0 Å². The summed E-state index contributed by atoms with van der Waals surface area (Å²) in [5.74, 6) is -4.30. The molecule has 3 aromatic rings. The van der Waals surface area contributed by atoms with Crippen molar-refractivity contribution in [1.82, 2.24) is 9.97 Å². The number of fused-ring (bicyclic) bond motifs is 3. The lowest BCUT2D eigenvalue weighted by Crippen LogP contribution is -2.60. The molecule has 1 fully saturated rings. The van der Waals surface area contributed by atoms with Crippen LogP contribution in [0.15, 0.2) is 54.8 Å². The molecule has 4 heterocycles. The van der Waals surface area contributed by atoms with E-state index in [2.05, 4.69) is 16.5 Å². The first-order chi connectivity index (χ1) is 19.1. The summed E-state index contributed by atoms with van der Waals surface area (Å²) in [6.07, 6.45) is -6.71. The number of nitrogens with zero attached hydrogens (tertiary/aromatic N) is 1. The second-order valence-electron chi connectivity index (χ2n) is 9.69. The molecule has 0 bridgehead atoms. The summed E-state index contributed by atoms with van der Waals surface area (Å²) in [4.78, 5) is 31.7. The highest BCUT2D eigenvalue weighted by Crippen LogP contribution is 2.38. The van der Waals surface area contributed by atoms with Crippen LogP contribution in [-0.2, 0) is 25.4 Å². The van der Waals surface area contributed by atoms with Gasteiger partial charge in [0.25, 0.3) is 0 Å². The van der Waals surface area contributed by atoms with Gasteiger partial charge in [-0.25, -0.2) is 14.6 Å². The van der Waals surface area contributed by atoms with Gasteiger partial charge in [-0.1, -0.05) is 24.3 Å². The number of pyridine rings is 1. The number of ether oxygens (including phenoxy) is 3. The number of aliphatic carboxylic acids is 1. The number of carboxylic acid groups (broad SMARTS) is 2. The summed E-state index contributed by atoms with van der Waals surface area (Å²) in [5.41, 5.74) is 1.21. The zero-order valence-corrected chi connectivity index (χ0v) is 21.0. The number of carboxylic acids is 2. The van der Waals surface area contributed by atoms with Gasteiger partial charge in [0.15, 0.2) is 6.29 Å². The van der Waals surface area contributed by atoms with Gasteiger partial charge in [0.1, 0.15) is 30.1 Å². The van der Waals surface area contributed by atoms with Crippen LogP contribution in [0, 0.1) is 11.8 Å². The van der Waals surface area contributed by atoms with Crippen LogP contribution in [0.1, 0.15) is 16.2 Å². The van der Waals surface area contributed by atoms with Crippen molar-refractivity contribution in [2.45, 2.75) is 43.4 Å². The second kappa shape index (κ2) is 11.0. The third kappa shape index (κ3) is 4.83. The Morgan fingerprint density at radius 2 is 1.80 bits per heavy atom. The average Bonchev–Trinajstić information content (AvgIpc) is 3.32. The summed E-state index contributed by atoms with van der Waals surface area (Å²) in [6.45, 7) is 3.13. The number of aromatic carboxylic acids is 1. The van der Waals surface area contributed by atoms with E-state index in [4.69, 9.17) is 14.2 Å². The maximum absolute atomic E-state index is 12.2. The van der Waals surface area contributed by atoms with Crippen LogP contribution in [0.4, 0.5) is 0 Å². The molecule has 2 aliphatic rings. The maximum atomic E-state index is 12.2. The van der Waals surface area contributed by atoms with E-state index in [1.165, 1.54) is 12.1 Å². The number of aliphatic hydroxyl groups excluding tert-OH is 4. The lowest BCUT2D eigenvalue weighted by atomic mass is 9.80. The SMILES string of the molecule is C=CC1C(OC2OC(CO)C(O)C(O)C2O)OC=C(C(=O)O)C1Cc1nc(C(=O)O)cc2c1[nH]c1ccccc12. The van der Waals surface area contributed by atoms with Crippen LogP contribution in [0.2, 0.25) is 0 Å². The van der Waals surface area contributed by atoms with Crippen LogP contribution >= 0.6 is 0 Å². The van der Waals surface area contributed by atoms with Crippen molar-refractivity contribution in [3.05, 3.63) is 66.2 Å². The van der Waals surface area contributed by atoms with Gasteiger partial charge in [-0.15, -0.1) is 6.58 Å². The standard InChI is InChI=1S/C27H28N2O11/c1-2-11-13(7-17-20-14(8-18(28-17)25(36)37)12-5-3-4-6-16(12)29-20)15(24(34)35)10-38-26(11)40-27-23(33)22(32)21(31)19(9-30)39-27/h2-6,8,10-11,13,19,21-23,26-27,29-33H,1,7,9H2,(H,34,35)(H,36,37). The number of aromatic amines is 1. The minimum atomic E-state index is -1.71. The Hall–Kier alpha value is -3.85. The van der Waals surface area contributed by atoms with Crippen molar-refractivity contribution in [1.29, 1.82) is 0 Å². The monoisotopic (exact) mass is 556 g/mol. The molecule has 8 atom stereocenters. The molecule has 2 aliphatic heterocycles. The molecule has 0 saturated carbocycles. The fraction of sp³-hybridized carbons (Fsp3) is 0.370. The second-order valence-corrected chi connectivity index (χ2v) is 9.69. The van der Waals surface area contributed by atoms with Crippen molar-refractivity contribution < 1.29 is 54.4 Å². The highest BCUT2D eigenvalue weighted by molar-refractivity contribution is 6.09. The molecule has 13 heteroatoms. The van der Waals surface area contributed by atoms with Gasteiger partial charge >= 0.3 is 11.9 Å². The Labute approximate surface area is 226 Å². The van der Waals surface area contributed by atoms with E-state index in [9.17, 15) is 40.2 Å². The molecule has 8 unspecified atom stereocenters. The lowest BCUT2D eigenvalue weighted by Gasteiger charge is -2.43. The van der Waals surface area contributed by atoms with Crippen molar-refractivity contribution in [3.63, 3.8) is 0 Å². The zero-order chi connectivity index (χ0) is 28.7. The maximum Gasteiger partial charge on any atom is 0.354 e. The van der Waals surface area contributed by atoms with Gasteiger partial charge in [0.05, 0.1) is 29.7 Å². The number of aliphatic hydroxyl groups is 4. The molecule has 0 spiro atoms. The first-order valence-corrected chi connectivity index (χ1v) is 12.5. The fourth-order valence-electron chi connectivity index (χ4n) is 5.26. The molecule has 0 aliphatic carbocycles. The third-order valence-electron chi connectivity index (χ3n) is 7.35. The average molecular weight is 557 g/mol. The molecule has 40 heavy (non-hydrogen) atoms. The van der Waals surface area contributed by atoms with Gasteiger partial charge in [0, 0.05) is 28.1 Å². The smallest absolute Gasteiger partial charge is 0.354 e. The number of rotatable bonds is 8. The summed E-state index contributed by atoms with van der Waals surface area (Å²) in [7, 11) is 0. The third-order valence-corrected chi connectivity index (χ3v) is 7.35. The van der Waals surface area contributed by atoms with E-state index in [-0.39, 0.29) is 17.7 Å². The Morgan fingerprint density at radius 3 is 2.48 bits per heavy atom. The van der Waals surface area contributed by atoms with Crippen molar-refractivity contribution in [3.8, 4) is 0 Å². The molecule has 0 amide bonds. The number of hydrogen-bond donors (Lipinski definition) is 7. The van der Waals surface area contributed by atoms with Crippen LogP contribution < -0.4 is 0 Å². The molecule has 0 radical (unpaired) electrons. The first-order valence-electron chi connectivity index (χ1n) is 12.5. The molecule has 1 aromatic carbocycles.